The number of nitrogens with one attached hydrogen (secondary N) is 2. The van der Waals surface area contributed by atoms with Crippen LogP contribution in [-0.2, 0) is 10.0 Å². The van der Waals surface area contributed by atoms with Gasteiger partial charge in [0.25, 0.3) is 0 Å². The first kappa shape index (κ1) is 12.4. The Kier molecular flexibility index (Phi) is 4.49. The Morgan fingerprint density at radius 3 is 2.87 bits per heavy atom. The first-order chi connectivity index (χ1) is 7.05. The van der Waals surface area contributed by atoms with E-state index in [0.29, 0.717) is 12.4 Å². The summed E-state index contributed by atoms with van der Waals surface area (Å²) in [5, 5.41) is 2.93. The van der Waals surface area contributed by atoms with Crippen LogP contribution in [0.1, 0.15) is 0 Å². The smallest absolute Gasteiger partial charge is 0.213 e. The van der Waals surface area contributed by atoms with Gasteiger partial charge in [0.2, 0.25) is 10.0 Å². The number of rotatable bonds is 5. The highest BCUT2D eigenvalue weighted by molar-refractivity contribution is 9.10. The lowest BCUT2D eigenvalue weighted by Crippen LogP contribution is -2.26. The van der Waals surface area contributed by atoms with E-state index < -0.39 is 10.0 Å². The van der Waals surface area contributed by atoms with Gasteiger partial charge in [-0.2, -0.15) is 0 Å². The van der Waals surface area contributed by atoms with E-state index in [1.54, 1.807) is 12.3 Å². The molecule has 0 atom stereocenters. The SMILES string of the molecule is CNS(=O)(=O)CCNc1ncccc1Br. The first-order valence-electron chi connectivity index (χ1n) is 4.31. The van der Waals surface area contributed by atoms with Crippen molar-refractivity contribution >= 4 is 31.8 Å². The molecule has 0 aliphatic carbocycles. The van der Waals surface area contributed by atoms with Crippen LogP contribution in [0.4, 0.5) is 5.82 Å². The summed E-state index contributed by atoms with van der Waals surface area (Å²) in [5.74, 6) is 0.663. The molecule has 1 aromatic heterocycles. The number of nitrogens with zero attached hydrogens (tertiary/aromatic N) is 1. The van der Waals surface area contributed by atoms with E-state index >= 15 is 0 Å². The molecule has 7 heteroatoms. The van der Waals surface area contributed by atoms with Crippen LogP contribution in [0.5, 0.6) is 0 Å². The minimum absolute atomic E-state index is 0.0204. The zero-order chi connectivity index (χ0) is 11.3. The van der Waals surface area contributed by atoms with Gasteiger partial charge in [0, 0.05) is 12.7 Å². The number of anilines is 1. The monoisotopic (exact) mass is 293 g/mol. The van der Waals surface area contributed by atoms with Crippen molar-refractivity contribution in [3.05, 3.63) is 22.8 Å². The predicted molar refractivity (Wildman–Crippen MR) is 63.3 cm³/mol. The van der Waals surface area contributed by atoms with Gasteiger partial charge in [0.1, 0.15) is 5.82 Å². The largest absolute Gasteiger partial charge is 0.368 e. The summed E-state index contributed by atoms with van der Waals surface area (Å²) in [4.78, 5) is 4.05. The summed E-state index contributed by atoms with van der Waals surface area (Å²) in [6.07, 6.45) is 1.64. The van der Waals surface area contributed by atoms with Crippen molar-refractivity contribution in [2.75, 3.05) is 24.7 Å². The van der Waals surface area contributed by atoms with Crippen LogP contribution >= 0.6 is 15.9 Å². The van der Waals surface area contributed by atoms with E-state index in [4.69, 9.17) is 0 Å². The zero-order valence-corrected chi connectivity index (χ0v) is 10.6. The highest BCUT2D eigenvalue weighted by atomic mass is 79.9. The molecule has 0 spiro atoms. The fourth-order valence-electron chi connectivity index (χ4n) is 0.922. The van der Waals surface area contributed by atoms with Gasteiger partial charge >= 0.3 is 0 Å². The standard InChI is InChI=1S/C8H12BrN3O2S/c1-10-15(13,14)6-5-12-8-7(9)3-2-4-11-8/h2-4,10H,5-6H2,1H3,(H,11,12). The molecule has 1 rings (SSSR count). The molecule has 1 heterocycles. The molecule has 0 aliphatic rings. The highest BCUT2D eigenvalue weighted by Crippen LogP contribution is 2.17. The Balaban J connectivity index is 2.49. The third-order valence-electron chi connectivity index (χ3n) is 1.73. The third-order valence-corrected chi connectivity index (χ3v) is 3.74. The van der Waals surface area contributed by atoms with Gasteiger partial charge < -0.3 is 5.32 Å². The van der Waals surface area contributed by atoms with E-state index in [2.05, 4.69) is 31.0 Å². The molecule has 0 radical (unpaired) electrons. The molecular formula is C8H12BrN3O2S. The van der Waals surface area contributed by atoms with E-state index in [9.17, 15) is 8.42 Å². The van der Waals surface area contributed by atoms with Gasteiger partial charge in [0.15, 0.2) is 0 Å². The van der Waals surface area contributed by atoms with Gasteiger partial charge in [-0.15, -0.1) is 0 Å². The Morgan fingerprint density at radius 1 is 1.53 bits per heavy atom. The first-order valence-corrected chi connectivity index (χ1v) is 6.75. The van der Waals surface area contributed by atoms with E-state index in [-0.39, 0.29) is 5.75 Å². The van der Waals surface area contributed by atoms with Gasteiger partial charge in [-0.25, -0.2) is 18.1 Å². The fraction of sp³-hybridized carbons (Fsp3) is 0.375. The van der Waals surface area contributed by atoms with Crippen LogP contribution in [0.25, 0.3) is 0 Å². The van der Waals surface area contributed by atoms with Crippen molar-refractivity contribution < 1.29 is 8.42 Å². The maximum atomic E-state index is 11.1. The molecule has 1 aromatic rings. The molecule has 0 aromatic carbocycles. The van der Waals surface area contributed by atoms with Crippen LogP contribution < -0.4 is 10.0 Å². The maximum absolute atomic E-state index is 11.1. The van der Waals surface area contributed by atoms with Crippen LogP contribution in [0, 0.1) is 0 Å². The number of aromatic nitrogens is 1. The van der Waals surface area contributed by atoms with Crippen LogP contribution in [0.3, 0.4) is 0 Å². The van der Waals surface area contributed by atoms with Crippen molar-refractivity contribution in [3.8, 4) is 0 Å². The normalized spacial score (nSPS) is 11.3. The Hall–Kier alpha value is -0.660. The molecule has 5 nitrogen and oxygen atoms in total. The highest BCUT2D eigenvalue weighted by Gasteiger charge is 2.06. The van der Waals surface area contributed by atoms with Gasteiger partial charge in [-0.1, -0.05) is 0 Å². The number of halogens is 1. The average Bonchev–Trinajstić information content (AvgIpc) is 2.21. The number of hydrogen-bond donors (Lipinski definition) is 2. The topological polar surface area (TPSA) is 71.1 Å². The Bertz CT molecular complexity index is 422. The molecule has 0 bridgehead atoms. The Labute approximate surface area is 97.5 Å². The zero-order valence-electron chi connectivity index (χ0n) is 8.20. The summed E-state index contributed by atoms with van der Waals surface area (Å²) in [7, 11) is -1.76. The molecular weight excluding hydrogens is 282 g/mol. The predicted octanol–water partition coefficient (Wildman–Crippen LogP) is 0.805. The van der Waals surface area contributed by atoms with E-state index in [1.807, 2.05) is 6.07 Å². The van der Waals surface area contributed by atoms with Crippen LogP contribution in [0.15, 0.2) is 22.8 Å². The summed E-state index contributed by atoms with van der Waals surface area (Å²) in [6.45, 7) is 0.318. The van der Waals surface area contributed by atoms with Gasteiger partial charge in [-0.3, -0.25) is 0 Å². The lowest BCUT2D eigenvalue weighted by atomic mass is 10.4. The molecule has 15 heavy (non-hydrogen) atoms. The number of hydrogen-bond acceptors (Lipinski definition) is 4. The fourth-order valence-corrected chi connectivity index (χ4v) is 1.89. The second-order valence-electron chi connectivity index (χ2n) is 2.78. The average molecular weight is 294 g/mol. The van der Waals surface area contributed by atoms with Gasteiger partial charge in [0.05, 0.1) is 10.2 Å². The van der Waals surface area contributed by atoms with Crippen molar-refractivity contribution in [1.29, 1.82) is 0 Å². The van der Waals surface area contributed by atoms with E-state index in [1.165, 1.54) is 7.05 Å². The second-order valence-corrected chi connectivity index (χ2v) is 5.68. The molecule has 0 unspecified atom stereocenters. The third kappa shape index (κ3) is 4.15. The molecule has 84 valence electrons. The Morgan fingerprint density at radius 2 is 2.27 bits per heavy atom. The second kappa shape index (κ2) is 5.43. The molecule has 0 aliphatic heterocycles. The lowest BCUT2D eigenvalue weighted by Gasteiger charge is -2.06. The van der Waals surface area contributed by atoms with Crippen molar-refractivity contribution in [2.45, 2.75) is 0 Å². The summed E-state index contributed by atoms with van der Waals surface area (Å²) in [5.41, 5.74) is 0. The number of pyridine rings is 1. The quantitative estimate of drug-likeness (QED) is 0.843. The minimum atomic E-state index is -3.16. The molecule has 0 saturated heterocycles. The molecule has 0 amide bonds. The van der Waals surface area contributed by atoms with Crippen LogP contribution in [-0.4, -0.2) is 32.7 Å². The van der Waals surface area contributed by atoms with Crippen molar-refractivity contribution in [3.63, 3.8) is 0 Å². The van der Waals surface area contributed by atoms with Crippen LogP contribution in [0.2, 0.25) is 0 Å². The summed E-state index contributed by atoms with van der Waals surface area (Å²) < 4.78 is 25.2. The summed E-state index contributed by atoms with van der Waals surface area (Å²) in [6, 6.07) is 3.63. The molecule has 2 N–H and O–H groups in total. The molecule has 0 fully saturated rings. The van der Waals surface area contributed by atoms with Crippen molar-refractivity contribution in [1.82, 2.24) is 9.71 Å². The molecule has 0 saturated carbocycles. The number of sulfonamides is 1. The summed E-state index contributed by atoms with van der Waals surface area (Å²) >= 11 is 3.30. The van der Waals surface area contributed by atoms with E-state index in [0.717, 1.165) is 4.47 Å². The van der Waals surface area contributed by atoms with Gasteiger partial charge in [-0.05, 0) is 35.1 Å². The minimum Gasteiger partial charge on any atom is -0.368 e. The van der Waals surface area contributed by atoms with Crippen molar-refractivity contribution in [2.24, 2.45) is 0 Å². The maximum Gasteiger partial charge on any atom is 0.213 e. The lowest BCUT2D eigenvalue weighted by molar-refractivity contribution is 0.588.